The molecule has 2 aromatic rings. The van der Waals surface area contributed by atoms with Gasteiger partial charge in [0.15, 0.2) is 5.75 Å². The molecule has 0 fully saturated rings. The van der Waals surface area contributed by atoms with Crippen LogP contribution >= 0.6 is 0 Å². The number of hydrogen-bond donors (Lipinski definition) is 1. The quantitative estimate of drug-likeness (QED) is 0.902. The van der Waals surface area contributed by atoms with Crippen molar-refractivity contribution in [1.29, 1.82) is 0 Å². The molecule has 0 saturated carbocycles. The third-order valence-electron chi connectivity index (χ3n) is 2.77. The predicted octanol–water partition coefficient (Wildman–Crippen LogP) is 2.64. The fourth-order valence-electron chi connectivity index (χ4n) is 1.76. The van der Waals surface area contributed by atoms with Crippen molar-refractivity contribution in [3.63, 3.8) is 0 Å². The van der Waals surface area contributed by atoms with Crippen molar-refractivity contribution < 1.29 is 9.13 Å². The van der Waals surface area contributed by atoms with E-state index >= 15 is 0 Å². The van der Waals surface area contributed by atoms with Gasteiger partial charge in [0, 0.05) is 12.6 Å². The van der Waals surface area contributed by atoms with E-state index in [1.807, 2.05) is 30.8 Å². The number of rotatable bonds is 5. The summed E-state index contributed by atoms with van der Waals surface area (Å²) in [6.45, 7) is 4.69. The molecule has 0 aliphatic heterocycles. The van der Waals surface area contributed by atoms with E-state index in [1.54, 1.807) is 6.20 Å². The van der Waals surface area contributed by atoms with Crippen molar-refractivity contribution in [3.8, 4) is 5.75 Å². The molecule has 0 bridgehead atoms. The lowest BCUT2D eigenvalue weighted by atomic mass is 10.1. The lowest BCUT2D eigenvalue weighted by Crippen LogP contribution is -2.01. The molecule has 0 spiro atoms. The zero-order valence-electron chi connectivity index (χ0n) is 11.1. The first-order valence-electron chi connectivity index (χ1n) is 6.24. The van der Waals surface area contributed by atoms with Gasteiger partial charge < -0.3 is 10.5 Å². The van der Waals surface area contributed by atoms with Gasteiger partial charge in [-0.15, -0.1) is 0 Å². The van der Waals surface area contributed by atoms with Crippen LogP contribution in [-0.2, 0) is 13.2 Å². The van der Waals surface area contributed by atoms with Crippen LogP contribution in [0.5, 0.6) is 5.75 Å². The molecule has 1 heterocycles. The Hall–Kier alpha value is -1.88. The van der Waals surface area contributed by atoms with Gasteiger partial charge in [0.05, 0.1) is 12.4 Å². The standard InChI is InChI=1S/C14H18FN3O/c1-10(2)18-8-14(7-17-18)19-9-12-3-11(6-16)4-13(15)5-12/h3-5,7-8,10H,6,9,16H2,1-2H3. The summed E-state index contributed by atoms with van der Waals surface area (Å²) < 4.78 is 20.7. The summed E-state index contributed by atoms with van der Waals surface area (Å²) in [5, 5.41) is 4.18. The number of nitrogens with two attached hydrogens (primary N) is 1. The molecule has 0 atom stereocenters. The van der Waals surface area contributed by atoms with Gasteiger partial charge in [-0.1, -0.05) is 6.07 Å². The second-order valence-corrected chi connectivity index (χ2v) is 4.71. The van der Waals surface area contributed by atoms with Gasteiger partial charge in [-0.2, -0.15) is 5.10 Å². The Labute approximate surface area is 112 Å². The van der Waals surface area contributed by atoms with Crippen LogP contribution in [0.4, 0.5) is 4.39 Å². The van der Waals surface area contributed by atoms with Crippen LogP contribution in [0.1, 0.15) is 31.0 Å². The molecule has 1 aromatic heterocycles. The fraction of sp³-hybridized carbons (Fsp3) is 0.357. The molecule has 2 N–H and O–H groups in total. The topological polar surface area (TPSA) is 53.1 Å². The molecule has 0 saturated heterocycles. The number of ether oxygens (including phenoxy) is 1. The average Bonchev–Trinajstić information content (AvgIpc) is 2.84. The van der Waals surface area contributed by atoms with E-state index in [4.69, 9.17) is 10.5 Å². The summed E-state index contributed by atoms with van der Waals surface area (Å²) in [5.41, 5.74) is 7.03. The fourth-order valence-corrected chi connectivity index (χ4v) is 1.76. The van der Waals surface area contributed by atoms with E-state index in [2.05, 4.69) is 5.10 Å². The summed E-state index contributed by atoms with van der Waals surface area (Å²) in [6, 6.07) is 5.01. The van der Waals surface area contributed by atoms with Gasteiger partial charge in [-0.05, 0) is 37.1 Å². The Bertz CT molecular complexity index is 551. The molecule has 0 aliphatic rings. The maximum atomic E-state index is 13.3. The van der Waals surface area contributed by atoms with Crippen LogP contribution in [0.25, 0.3) is 0 Å². The Morgan fingerprint density at radius 3 is 2.68 bits per heavy atom. The monoisotopic (exact) mass is 263 g/mol. The molecule has 102 valence electrons. The first-order valence-corrected chi connectivity index (χ1v) is 6.24. The number of hydrogen-bond acceptors (Lipinski definition) is 3. The molecule has 0 radical (unpaired) electrons. The van der Waals surface area contributed by atoms with Crippen LogP contribution in [0.15, 0.2) is 30.6 Å². The van der Waals surface area contributed by atoms with Crippen molar-refractivity contribution in [2.24, 2.45) is 5.73 Å². The highest BCUT2D eigenvalue weighted by Gasteiger charge is 2.04. The Morgan fingerprint density at radius 1 is 1.32 bits per heavy atom. The van der Waals surface area contributed by atoms with E-state index in [9.17, 15) is 4.39 Å². The smallest absolute Gasteiger partial charge is 0.157 e. The molecule has 19 heavy (non-hydrogen) atoms. The zero-order chi connectivity index (χ0) is 13.8. The first kappa shape index (κ1) is 13.5. The summed E-state index contributed by atoms with van der Waals surface area (Å²) in [4.78, 5) is 0. The van der Waals surface area contributed by atoms with Crippen molar-refractivity contribution in [2.45, 2.75) is 33.0 Å². The average molecular weight is 263 g/mol. The Kier molecular flexibility index (Phi) is 4.16. The molecule has 0 amide bonds. The van der Waals surface area contributed by atoms with Crippen LogP contribution in [0.3, 0.4) is 0 Å². The number of aromatic nitrogens is 2. The van der Waals surface area contributed by atoms with Crippen molar-refractivity contribution in [2.75, 3.05) is 0 Å². The second-order valence-electron chi connectivity index (χ2n) is 4.71. The van der Waals surface area contributed by atoms with E-state index in [-0.39, 0.29) is 11.9 Å². The van der Waals surface area contributed by atoms with E-state index in [0.29, 0.717) is 18.9 Å². The lowest BCUT2D eigenvalue weighted by Gasteiger charge is -2.06. The third-order valence-corrected chi connectivity index (χ3v) is 2.77. The molecule has 1 aromatic carbocycles. The molecule has 4 nitrogen and oxygen atoms in total. The van der Waals surface area contributed by atoms with Gasteiger partial charge >= 0.3 is 0 Å². The van der Waals surface area contributed by atoms with Gasteiger partial charge in [0.25, 0.3) is 0 Å². The SMILES string of the molecule is CC(C)n1cc(OCc2cc(F)cc(CN)c2)cn1. The number of nitrogens with zero attached hydrogens (tertiary/aromatic N) is 2. The Balaban J connectivity index is 2.03. The number of halogens is 1. The first-order chi connectivity index (χ1) is 9.08. The van der Waals surface area contributed by atoms with Gasteiger partial charge in [0.1, 0.15) is 12.4 Å². The van der Waals surface area contributed by atoms with E-state index < -0.39 is 0 Å². The predicted molar refractivity (Wildman–Crippen MR) is 71.2 cm³/mol. The summed E-state index contributed by atoms with van der Waals surface area (Å²) >= 11 is 0. The normalized spacial score (nSPS) is 11.0. The van der Waals surface area contributed by atoms with E-state index in [0.717, 1.165) is 11.1 Å². The second kappa shape index (κ2) is 5.84. The maximum absolute atomic E-state index is 13.3. The third kappa shape index (κ3) is 3.54. The van der Waals surface area contributed by atoms with Crippen molar-refractivity contribution in [1.82, 2.24) is 9.78 Å². The molecular formula is C14H18FN3O. The van der Waals surface area contributed by atoms with Crippen molar-refractivity contribution in [3.05, 3.63) is 47.5 Å². The van der Waals surface area contributed by atoms with Crippen LogP contribution in [0.2, 0.25) is 0 Å². The minimum atomic E-state index is -0.292. The largest absolute Gasteiger partial charge is 0.486 e. The minimum Gasteiger partial charge on any atom is -0.486 e. The summed E-state index contributed by atoms with van der Waals surface area (Å²) in [5.74, 6) is 0.381. The highest BCUT2D eigenvalue weighted by Crippen LogP contribution is 2.15. The minimum absolute atomic E-state index is 0.287. The van der Waals surface area contributed by atoms with Crippen LogP contribution in [-0.4, -0.2) is 9.78 Å². The Morgan fingerprint density at radius 2 is 2.05 bits per heavy atom. The highest BCUT2D eigenvalue weighted by molar-refractivity contribution is 5.25. The van der Waals surface area contributed by atoms with Crippen molar-refractivity contribution >= 4 is 0 Å². The molecule has 2 rings (SSSR count). The summed E-state index contributed by atoms with van der Waals surface area (Å²) in [6.07, 6.45) is 3.48. The lowest BCUT2D eigenvalue weighted by molar-refractivity contribution is 0.304. The van der Waals surface area contributed by atoms with Gasteiger partial charge in [-0.3, -0.25) is 4.68 Å². The molecule has 0 aliphatic carbocycles. The number of benzene rings is 1. The van der Waals surface area contributed by atoms with E-state index in [1.165, 1.54) is 12.1 Å². The highest BCUT2D eigenvalue weighted by atomic mass is 19.1. The van der Waals surface area contributed by atoms with Crippen LogP contribution in [0, 0.1) is 5.82 Å². The maximum Gasteiger partial charge on any atom is 0.157 e. The molecular weight excluding hydrogens is 245 g/mol. The molecule has 0 unspecified atom stereocenters. The summed E-state index contributed by atoms with van der Waals surface area (Å²) in [7, 11) is 0. The van der Waals surface area contributed by atoms with Crippen LogP contribution < -0.4 is 10.5 Å². The van der Waals surface area contributed by atoms with Gasteiger partial charge in [-0.25, -0.2) is 4.39 Å². The molecule has 5 heteroatoms. The zero-order valence-corrected chi connectivity index (χ0v) is 11.1. The van der Waals surface area contributed by atoms with Gasteiger partial charge in [0.2, 0.25) is 0 Å².